The van der Waals surface area contributed by atoms with Crippen molar-refractivity contribution in [2.45, 2.75) is 26.2 Å². The lowest BCUT2D eigenvalue weighted by Crippen LogP contribution is -2.36. The van der Waals surface area contributed by atoms with E-state index in [0.29, 0.717) is 6.42 Å². The zero-order valence-electron chi connectivity index (χ0n) is 7.30. The third kappa shape index (κ3) is 1.94. The van der Waals surface area contributed by atoms with Crippen molar-refractivity contribution in [3.05, 3.63) is 12.3 Å². The number of rotatable bonds is 2. The Bertz CT molecular complexity index is 217. The van der Waals surface area contributed by atoms with E-state index in [9.17, 15) is 9.59 Å². The zero-order chi connectivity index (χ0) is 9.14. The second-order valence-electron chi connectivity index (χ2n) is 3.10. The predicted octanol–water partition coefficient (Wildman–Crippen LogP) is 1.10. The van der Waals surface area contributed by atoms with E-state index in [1.54, 1.807) is 0 Å². The van der Waals surface area contributed by atoms with E-state index < -0.39 is 0 Å². The first kappa shape index (κ1) is 8.97. The molecule has 0 aromatic heterocycles. The second kappa shape index (κ2) is 3.52. The van der Waals surface area contributed by atoms with Gasteiger partial charge in [-0.15, -0.1) is 0 Å². The van der Waals surface area contributed by atoms with Crippen LogP contribution in [0.15, 0.2) is 12.3 Å². The molecule has 0 spiro atoms. The van der Waals surface area contributed by atoms with E-state index in [0.717, 1.165) is 18.5 Å². The topological polar surface area (TPSA) is 37.4 Å². The number of amides is 1. The van der Waals surface area contributed by atoms with Crippen molar-refractivity contribution in [3.63, 3.8) is 0 Å². The van der Waals surface area contributed by atoms with E-state index in [1.807, 2.05) is 0 Å². The number of likely N-dealkylation sites (tertiary alicyclic amines) is 1. The number of ketones is 1. The van der Waals surface area contributed by atoms with Crippen LogP contribution in [0.5, 0.6) is 0 Å². The standard InChI is InChI=1S/C9H13NO2/c1-7-4-3-5-9(12)10(7)6-8(2)11/h1,3-6H2,2H3. The number of carbonyl (C=O) groups excluding carboxylic acids is 2. The molecule has 1 fully saturated rings. The van der Waals surface area contributed by atoms with Gasteiger partial charge in [-0.1, -0.05) is 6.58 Å². The van der Waals surface area contributed by atoms with Crippen LogP contribution in [0.3, 0.4) is 0 Å². The summed E-state index contributed by atoms with van der Waals surface area (Å²) in [4.78, 5) is 23.5. The SMILES string of the molecule is C=C1CCCC(=O)N1CC(C)=O. The quantitative estimate of drug-likeness (QED) is 0.617. The van der Waals surface area contributed by atoms with Crippen LogP contribution in [0.25, 0.3) is 0 Å². The van der Waals surface area contributed by atoms with Crippen LogP contribution in [0.1, 0.15) is 26.2 Å². The van der Waals surface area contributed by atoms with Gasteiger partial charge in [0.25, 0.3) is 0 Å². The van der Waals surface area contributed by atoms with Crippen molar-refractivity contribution in [2.24, 2.45) is 0 Å². The van der Waals surface area contributed by atoms with Gasteiger partial charge in [0.1, 0.15) is 5.78 Å². The first-order valence-electron chi connectivity index (χ1n) is 4.09. The maximum atomic E-state index is 11.3. The smallest absolute Gasteiger partial charge is 0.227 e. The summed E-state index contributed by atoms with van der Waals surface area (Å²) >= 11 is 0. The molecule has 12 heavy (non-hydrogen) atoms. The first-order chi connectivity index (χ1) is 5.61. The van der Waals surface area contributed by atoms with E-state index in [4.69, 9.17) is 0 Å². The highest BCUT2D eigenvalue weighted by Gasteiger charge is 2.21. The fourth-order valence-electron chi connectivity index (χ4n) is 1.31. The van der Waals surface area contributed by atoms with Gasteiger partial charge in [-0.05, 0) is 19.8 Å². The van der Waals surface area contributed by atoms with Crippen molar-refractivity contribution in [2.75, 3.05) is 6.54 Å². The highest BCUT2D eigenvalue weighted by Crippen LogP contribution is 2.19. The number of Topliss-reactive ketones (excluding diaryl/α,β-unsaturated/α-hetero) is 1. The van der Waals surface area contributed by atoms with Crippen LogP contribution >= 0.6 is 0 Å². The van der Waals surface area contributed by atoms with E-state index >= 15 is 0 Å². The minimum absolute atomic E-state index is 0.00593. The van der Waals surface area contributed by atoms with Gasteiger partial charge in [0.2, 0.25) is 5.91 Å². The fraction of sp³-hybridized carbons (Fsp3) is 0.556. The summed E-state index contributed by atoms with van der Waals surface area (Å²) in [7, 11) is 0. The maximum Gasteiger partial charge on any atom is 0.227 e. The molecule has 0 aliphatic carbocycles. The Hall–Kier alpha value is -1.12. The molecule has 0 aromatic rings. The van der Waals surface area contributed by atoms with Gasteiger partial charge in [-0.3, -0.25) is 9.59 Å². The Kier molecular flexibility index (Phi) is 2.63. The summed E-state index contributed by atoms with van der Waals surface area (Å²) in [5.74, 6) is 0.0350. The molecule has 1 heterocycles. The van der Waals surface area contributed by atoms with Gasteiger partial charge >= 0.3 is 0 Å². The lowest BCUT2D eigenvalue weighted by molar-refractivity contribution is -0.134. The van der Waals surface area contributed by atoms with Crippen LogP contribution in [0.2, 0.25) is 0 Å². The van der Waals surface area contributed by atoms with Crippen molar-refractivity contribution >= 4 is 11.7 Å². The molecule has 66 valence electrons. The molecule has 3 heteroatoms. The summed E-state index contributed by atoms with van der Waals surface area (Å²) in [5.41, 5.74) is 0.779. The highest BCUT2D eigenvalue weighted by atomic mass is 16.2. The summed E-state index contributed by atoms with van der Waals surface area (Å²) in [6.07, 6.45) is 2.25. The number of carbonyl (C=O) groups is 2. The van der Waals surface area contributed by atoms with Gasteiger partial charge in [0.05, 0.1) is 6.54 Å². The number of nitrogens with zero attached hydrogens (tertiary/aromatic N) is 1. The Labute approximate surface area is 72.0 Å². The summed E-state index contributed by atoms with van der Waals surface area (Å²) < 4.78 is 0. The largest absolute Gasteiger partial charge is 0.309 e. The molecule has 1 aliphatic rings. The lowest BCUT2D eigenvalue weighted by Gasteiger charge is -2.27. The Balaban J connectivity index is 2.63. The Morgan fingerprint density at radius 3 is 2.75 bits per heavy atom. The Morgan fingerprint density at radius 2 is 2.25 bits per heavy atom. The minimum atomic E-state index is 0.00593. The highest BCUT2D eigenvalue weighted by molar-refractivity contribution is 5.86. The number of piperidine rings is 1. The van der Waals surface area contributed by atoms with Crippen LogP contribution in [0, 0.1) is 0 Å². The normalized spacial score (nSPS) is 18.2. The molecule has 0 unspecified atom stereocenters. The molecule has 0 atom stereocenters. The molecular weight excluding hydrogens is 154 g/mol. The molecule has 0 aromatic carbocycles. The van der Waals surface area contributed by atoms with E-state index in [1.165, 1.54) is 11.8 Å². The molecule has 0 N–H and O–H groups in total. The Morgan fingerprint density at radius 1 is 1.58 bits per heavy atom. The molecular formula is C9H13NO2. The van der Waals surface area contributed by atoms with Gasteiger partial charge in [0.15, 0.2) is 0 Å². The molecule has 1 amide bonds. The van der Waals surface area contributed by atoms with Crippen molar-refractivity contribution in [3.8, 4) is 0 Å². The molecule has 0 saturated carbocycles. The van der Waals surface area contributed by atoms with Gasteiger partial charge in [-0.2, -0.15) is 0 Å². The van der Waals surface area contributed by atoms with Gasteiger partial charge in [0, 0.05) is 12.1 Å². The van der Waals surface area contributed by atoms with Crippen LogP contribution in [-0.4, -0.2) is 23.1 Å². The summed E-state index contributed by atoms with van der Waals surface area (Å²) in [6, 6.07) is 0. The molecule has 1 aliphatic heterocycles. The first-order valence-corrected chi connectivity index (χ1v) is 4.09. The van der Waals surface area contributed by atoms with Crippen LogP contribution in [0.4, 0.5) is 0 Å². The van der Waals surface area contributed by atoms with E-state index in [2.05, 4.69) is 6.58 Å². The van der Waals surface area contributed by atoms with Crippen molar-refractivity contribution in [1.82, 2.24) is 4.90 Å². The van der Waals surface area contributed by atoms with E-state index in [-0.39, 0.29) is 18.2 Å². The molecule has 0 bridgehead atoms. The zero-order valence-corrected chi connectivity index (χ0v) is 7.30. The average molecular weight is 167 g/mol. The van der Waals surface area contributed by atoms with Crippen molar-refractivity contribution in [1.29, 1.82) is 0 Å². The summed E-state index contributed by atoms with van der Waals surface area (Å²) in [6.45, 7) is 5.43. The molecule has 1 rings (SSSR count). The maximum absolute atomic E-state index is 11.3. The molecule has 3 nitrogen and oxygen atoms in total. The third-order valence-corrected chi connectivity index (χ3v) is 1.92. The minimum Gasteiger partial charge on any atom is -0.309 e. The molecule has 1 saturated heterocycles. The van der Waals surface area contributed by atoms with Gasteiger partial charge in [-0.25, -0.2) is 0 Å². The van der Waals surface area contributed by atoms with Crippen LogP contribution in [-0.2, 0) is 9.59 Å². The predicted molar refractivity (Wildman–Crippen MR) is 45.4 cm³/mol. The number of hydrogen-bond acceptors (Lipinski definition) is 2. The lowest BCUT2D eigenvalue weighted by atomic mass is 10.1. The fourth-order valence-corrected chi connectivity index (χ4v) is 1.31. The second-order valence-corrected chi connectivity index (χ2v) is 3.10. The number of allylic oxidation sites excluding steroid dienone is 1. The number of hydrogen-bond donors (Lipinski definition) is 0. The monoisotopic (exact) mass is 167 g/mol. The third-order valence-electron chi connectivity index (χ3n) is 1.92. The van der Waals surface area contributed by atoms with Gasteiger partial charge < -0.3 is 4.90 Å². The summed E-state index contributed by atoms with van der Waals surface area (Å²) in [5, 5.41) is 0. The van der Waals surface area contributed by atoms with Crippen molar-refractivity contribution < 1.29 is 9.59 Å². The van der Waals surface area contributed by atoms with Crippen LogP contribution < -0.4 is 0 Å². The average Bonchev–Trinajstić information content (AvgIpc) is 1.97. The molecule has 0 radical (unpaired) electrons.